The second-order valence-corrected chi connectivity index (χ2v) is 8.85. The maximum Gasteiger partial charge on any atom is 0.333 e. The predicted molar refractivity (Wildman–Crippen MR) is 92.6 cm³/mol. The Balaban J connectivity index is 1.39. The Hall–Kier alpha value is -1.45. The zero-order valence-corrected chi connectivity index (χ0v) is 15.0. The molecule has 0 N–H and O–H groups in total. The van der Waals surface area contributed by atoms with Gasteiger partial charge in [0.15, 0.2) is 0 Å². The molecule has 0 aromatic carbocycles. The lowest BCUT2D eigenvalue weighted by atomic mass is 9.79. The lowest BCUT2D eigenvalue weighted by molar-refractivity contribution is -0.148. The largest absolute Gasteiger partial charge is 0.459 e. The van der Waals surface area contributed by atoms with Crippen LogP contribution in [0.5, 0.6) is 0 Å². The molecule has 0 aliphatic heterocycles. The predicted octanol–water partition coefficient (Wildman–Crippen LogP) is 3.48. The summed E-state index contributed by atoms with van der Waals surface area (Å²) in [6.07, 6.45) is 6.94. The highest BCUT2D eigenvalue weighted by Crippen LogP contribution is 2.61. The maximum atomic E-state index is 12.9. The summed E-state index contributed by atoms with van der Waals surface area (Å²) in [7, 11) is 0. The Morgan fingerprint density at radius 2 is 1.80 bits per heavy atom. The summed E-state index contributed by atoms with van der Waals surface area (Å²) in [5.41, 5.74) is 0.459. The first kappa shape index (κ1) is 17.0. The van der Waals surface area contributed by atoms with Gasteiger partial charge in [-0.25, -0.2) is 4.79 Å². The fourth-order valence-electron chi connectivity index (χ4n) is 6.21. The van der Waals surface area contributed by atoms with E-state index >= 15 is 0 Å². The van der Waals surface area contributed by atoms with E-state index in [0.717, 1.165) is 38.5 Å². The number of fused-ring (bicyclic) bond motifs is 5. The number of carbonyl (C=O) groups excluding carboxylic acids is 3. The second-order valence-electron chi connectivity index (χ2n) is 8.85. The lowest BCUT2D eigenvalue weighted by Crippen LogP contribution is -2.32. The number of esters is 1. The Morgan fingerprint density at radius 3 is 2.52 bits per heavy atom. The Labute approximate surface area is 149 Å². The van der Waals surface area contributed by atoms with Crippen molar-refractivity contribution >= 4 is 17.5 Å². The van der Waals surface area contributed by atoms with Crippen LogP contribution in [0.15, 0.2) is 12.2 Å². The Kier molecular flexibility index (Phi) is 4.33. The van der Waals surface area contributed by atoms with E-state index in [1.807, 2.05) is 0 Å². The number of ether oxygens (including phenoxy) is 1. The van der Waals surface area contributed by atoms with E-state index in [2.05, 4.69) is 6.58 Å². The average Bonchev–Trinajstić information content (AvgIpc) is 3.24. The van der Waals surface area contributed by atoms with Crippen molar-refractivity contribution in [1.29, 1.82) is 0 Å². The standard InChI is InChI=1S/C21H28O4/c1-11(2)21(24)25-19-10-13-7-18(19)17-9-14(8-16(13)17)20(23)12-4-3-5-15(22)6-12/h12-14,16-19H,1,3-10H2,2H3. The van der Waals surface area contributed by atoms with Crippen molar-refractivity contribution in [2.75, 3.05) is 0 Å². The Morgan fingerprint density at radius 1 is 1.04 bits per heavy atom. The third-order valence-corrected chi connectivity index (χ3v) is 7.30. The summed E-state index contributed by atoms with van der Waals surface area (Å²) in [5.74, 6) is 2.60. The van der Waals surface area contributed by atoms with Gasteiger partial charge in [0.05, 0.1) is 0 Å². The van der Waals surface area contributed by atoms with Crippen molar-refractivity contribution in [3.63, 3.8) is 0 Å². The van der Waals surface area contributed by atoms with Gasteiger partial charge in [-0.2, -0.15) is 0 Å². The molecule has 0 amide bonds. The van der Waals surface area contributed by atoms with E-state index in [0.29, 0.717) is 47.9 Å². The molecule has 7 atom stereocenters. The van der Waals surface area contributed by atoms with Gasteiger partial charge in [-0.1, -0.05) is 6.58 Å². The summed E-state index contributed by atoms with van der Waals surface area (Å²) >= 11 is 0. The molecule has 0 heterocycles. The van der Waals surface area contributed by atoms with Crippen molar-refractivity contribution in [3.05, 3.63) is 12.2 Å². The molecule has 4 aliphatic carbocycles. The van der Waals surface area contributed by atoms with E-state index in [1.54, 1.807) is 6.92 Å². The van der Waals surface area contributed by atoms with Crippen LogP contribution in [0.1, 0.15) is 58.3 Å². The molecule has 25 heavy (non-hydrogen) atoms. The fourth-order valence-corrected chi connectivity index (χ4v) is 6.21. The highest BCUT2D eigenvalue weighted by molar-refractivity contribution is 5.90. The molecule has 0 saturated heterocycles. The molecule has 0 aromatic heterocycles. The lowest BCUT2D eigenvalue weighted by Gasteiger charge is -2.31. The first-order valence-electron chi connectivity index (χ1n) is 9.86. The quantitative estimate of drug-likeness (QED) is 0.579. The van der Waals surface area contributed by atoms with E-state index < -0.39 is 0 Å². The van der Waals surface area contributed by atoms with Gasteiger partial charge < -0.3 is 4.74 Å². The first-order valence-corrected chi connectivity index (χ1v) is 9.86. The molecule has 4 fully saturated rings. The monoisotopic (exact) mass is 344 g/mol. The van der Waals surface area contributed by atoms with Crippen LogP contribution in [0.25, 0.3) is 0 Å². The van der Waals surface area contributed by atoms with Crippen molar-refractivity contribution in [1.82, 2.24) is 0 Å². The van der Waals surface area contributed by atoms with Crippen molar-refractivity contribution in [2.24, 2.45) is 35.5 Å². The molecule has 7 unspecified atom stereocenters. The number of carbonyl (C=O) groups is 3. The Bertz CT molecular complexity index is 621. The normalized spacial score (nSPS) is 42.3. The minimum absolute atomic E-state index is 0.0144. The van der Waals surface area contributed by atoms with Gasteiger partial charge >= 0.3 is 5.97 Å². The van der Waals surface area contributed by atoms with Crippen LogP contribution < -0.4 is 0 Å². The third kappa shape index (κ3) is 2.98. The van der Waals surface area contributed by atoms with Gasteiger partial charge in [0.25, 0.3) is 0 Å². The molecule has 2 bridgehead atoms. The molecular weight excluding hydrogens is 316 g/mol. The smallest absolute Gasteiger partial charge is 0.333 e. The molecule has 4 nitrogen and oxygen atoms in total. The second kappa shape index (κ2) is 6.37. The minimum Gasteiger partial charge on any atom is -0.459 e. The van der Waals surface area contributed by atoms with Gasteiger partial charge in [-0.15, -0.1) is 0 Å². The van der Waals surface area contributed by atoms with E-state index in [4.69, 9.17) is 4.74 Å². The molecule has 4 heteroatoms. The van der Waals surface area contributed by atoms with Crippen molar-refractivity contribution in [2.45, 2.75) is 64.4 Å². The van der Waals surface area contributed by atoms with Gasteiger partial charge in [0, 0.05) is 30.3 Å². The molecule has 4 saturated carbocycles. The third-order valence-electron chi connectivity index (χ3n) is 7.30. The highest BCUT2D eigenvalue weighted by Gasteiger charge is 2.58. The zero-order chi connectivity index (χ0) is 17.7. The van der Waals surface area contributed by atoms with Crippen LogP contribution in [0.2, 0.25) is 0 Å². The first-order chi connectivity index (χ1) is 11.9. The number of rotatable bonds is 4. The molecule has 136 valence electrons. The zero-order valence-electron chi connectivity index (χ0n) is 15.0. The average molecular weight is 344 g/mol. The van der Waals surface area contributed by atoms with Gasteiger partial charge in [0.2, 0.25) is 0 Å². The molecule has 0 spiro atoms. The summed E-state index contributed by atoms with van der Waals surface area (Å²) in [5, 5.41) is 0. The van der Waals surface area contributed by atoms with Crippen LogP contribution in [-0.4, -0.2) is 23.6 Å². The summed E-state index contributed by atoms with van der Waals surface area (Å²) in [6.45, 7) is 5.36. The van der Waals surface area contributed by atoms with Gasteiger partial charge in [-0.05, 0) is 69.1 Å². The molecule has 4 aliphatic rings. The van der Waals surface area contributed by atoms with Crippen molar-refractivity contribution in [3.8, 4) is 0 Å². The summed E-state index contributed by atoms with van der Waals surface area (Å²) in [4.78, 5) is 36.5. The molecular formula is C21H28O4. The highest BCUT2D eigenvalue weighted by atomic mass is 16.5. The van der Waals surface area contributed by atoms with Gasteiger partial charge in [-0.3, -0.25) is 9.59 Å². The molecule has 0 radical (unpaired) electrons. The van der Waals surface area contributed by atoms with Crippen LogP contribution >= 0.6 is 0 Å². The van der Waals surface area contributed by atoms with Crippen LogP contribution in [-0.2, 0) is 19.1 Å². The number of hydrogen-bond acceptors (Lipinski definition) is 4. The molecule has 4 rings (SSSR count). The van der Waals surface area contributed by atoms with E-state index in [9.17, 15) is 14.4 Å². The summed E-state index contributed by atoms with van der Waals surface area (Å²) < 4.78 is 5.67. The SMILES string of the molecule is C=C(C)C(=O)OC1CC2CC1C1CC(C(=O)C3CCCC(=O)C3)CC21. The molecule has 0 aromatic rings. The number of ketones is 2. The van der Waals surface area contributed by atoms with E-state index in [1.165, 1.54) is 0 Å². The van der Waals surface area contributed by atoms with Crippen LogP contribution in [0, 0.1) is 35.5 Å². The van der Waals surface area contributed by atoms with Gasteiger partial charge in [0.1, 0.15) is 17.7 Å². The summed E-state index contributed by atoms with van der Waals surface area (Å²) in [6, 6.07) is 0. The van der Waals surface area contributed by atoms with Crippen LogP contribution in [0.4, 0.5) is 0 Å². The topological polar surface area (TPSA) is 60.4 Å². The van der Waals surface area contributed by atoms with Crippen LogP contribution in [0.3, 0.4) is 0 Å². The number of Topliss-reactive ketones (excluding diaryl/α,β-unsaturated/α-hetero) is 2. The maximum absolute atomic E-state index is 12.9. The van der Waals surface area contributed by atoms with Crippen molar-refractivity contribution < 1.29 is 19.1 Å². The number of hydrogen-bond donors (Lipinski definition) is 0. The van der Waals surface area contributed by atoms with E-state index in [-0.39, 0.29) is 29.7 Å². The fraction of sp³-hybridized carbons (Fsp3) is 0.762. The minimum atomic E-state index is -0.277.